The molecule has 7 nitrogen and oxygen atoms in total. The molecule has 1 saturated heterocycles. The Morgan fingerprint density at radius 2 is 2.29 bits per heavy atom. The molecule has 1 aliphatic rings. The van der Waals surface area contributed by atoms with Crippen LogP contribution in [0.3, 0.4) is 0 Å². The Hall–Kier alpha value is -2.74. The first-order chi connectivity index (χ1) is 11.7. The number of aromatic amines is 1. The molecule has 1 amide bonds. The van der Waals surface area contributed by atoms with E-state index in [0.29, 0.717) is 23.0 Å². The van der Waals surface area contributed by atoms with Crippen LogP contribution in [0.15, 0.2) is 36.5 Å². The van der Waals surface area contributed by atoms with E-state index in [4.69, 9.17) is 4.74 Å². The molecule has 8 heteroatoms. The van der Waals surface area contributed by atoms with E-state index in [1.807, 2.05) is 12.1 Å². The predicted octanol–water partition coefficient (Wildman–Crippen LogP) is 2.45. The third-order valence-electron chi connectivity index (χ3n) is 3.90. The lowest BCUT2D eigenvalue weighted by molar-refractivity contribution is -0.115. The van der Waals surface area contributed by atoms with Crippen molar-refractivity contribution in [1.29, 1.82) is 0 Å². The molecule has 1 fully saturated rings. The Kier molecular flexibility index (Phi) is 3.53. The van der Waals surface area contributed by atoms with E-state index in [9.17, 15) is 9.90 Å². The van der Waals surface area contributed by atoms with Crippen molar-refractivity contribution in [2.24, 2.45) is 0 Å². The normalized spacial score (nSPS) is 17.6. The van der Waals surface area contributed by atoms with E-state index in [2.05, 4.69) is 15.2 Å². The smallest absolute Gasteiger partial charge is 0.239 e. The number of H-pyrrole nitrogens is 1. The zero-order chi connectivity index (χ0) is 16.7. The van der Waals surface area contributed by atoms with Crippen LogP contribution in [0.2, 0.25) is 0 Å². The molecule has 3 heterocycles. The highest BCUT2D eigenvalue weighted by molar-refractivity contribution is 8.00. The number of hydrogen-bond donors (Lipinski definition) is 2. The molecule has 1 atom stereocenters. The minimum Gasteiger partial charge on any atom is -0.504 e. The molecule has 0 radical (unpaired) electrons. The lowest BCUT2D eigenvalue weighted by atomic mass is 10.1. The van der Waals surface area contributed by atoms with Crippen molar-refractivity contribution in [1.82, 2.24) is 15.2 Å². The van der Waals surface area contributed by atoms with Gasteiger partial charge in [0.15, 0.2) is 23.0 Å². The molecule has 3 aromatic rings. The quantitative estimate of drug-likeness (QED) is 0.760. The SMILES string of the molecule is COc1cc([C@H]2SCC(=O)N2c2n[nH]c3ncccc23)ccc1O. The van der Waals surface area contributed by atoms with Crippen molar-refractivity contribution in [3.05, 3.63) is 42.1 Å². The molecule has 2 aromatic heterocycles. The van der Waals surface area contributed by atoms with Gasteiger partial charge in [-0.25, -0.2) is 4.98 Å². The topological polar surface area (TPSA) is 91.3 Å². The molecule has 0 bridgehead atoms. The molecule has 0 aliphatic carbocycles. The number of carbonyl (C=O) groups excluding carboxylic acids is 1. The summed E-state index contributed by atoms with van der Waals surface area (Å²) in [6.07, 6.45) is 1.67. The highest BCUT2D eigenvalue weighted by atomic mass is 32.2. The number of thioether (sulfide) groups is 1. The first-order valence-electron chi connectivity index (χ1n) is 7.28. The molecule has 0 unspecified atom stereocenters. The Bertz CT molecular complexity index is 927. The van der Waals surface area contributed by atoms with Crippen LogP contribution in [-0.4, -0.2) is 39.1 Å². The fraction of sp³-hybridized carbons (Fsp3) is 0.188. The zero-order valence-corrected chi connectivity index (χ0v) is 13.6. The molecule has 4 rings (SSSR count). The van der Waals surface area contributed by atoms with Gasteiger partial charge in [0.1, 0.15) is 5.37 Å². The lowest BCUT2D eigenvalue weighted by Crippen LogP contribution is -2.28. The van der Waals surface area contributed by atoms with Crippen molar-refractivity contribution in [2.75, 3.05) is 17.8 Å². The summed E-state index contributed by atoms with van der Waals surface area (Å²) in [5, 5.41) is 17.5. The van der Waals surface area contributed by atoms with Crippen LogP contribution in [0, 0.1) is 0 Å². The summed E-state index contributed by atoms with van der Waals surface area (Å²) in [7, 11) is 1.50. The van der Waals surface area contributed by atoms with Crippen molar-refractivity contribution in [2.45, 2.75) is 5.37 Å². The summed E-state index contributed by atoms with van der Waals surface area (Å²) in [6, 6.07) is 8.79. The van der Waals surface area contributed by atoms with E-state index in [1.54, 1.807) is 29.3 Å². The van der Waals surface area contributed by atoms with E-state index < -0.39 is 0 Å². The second kappa shape index (κ2) is 5.72. The van der Waals surface area contributed by atoms with Gasteiger partial charge >= 0.3 is 0 Å². The molecule has 1 aromatic carbocycles. The maximum Gasteiger partial charge on any atom is 0.239 e. The number of hydrogen-bond acceptors (Lipinski definition) is 6. The standard InChI is InChI=1S/C16H14N4O3S/c1-23-12-7-9(4-5-11(12)21)16-20(13(22)8-24-16)15-10-3-2-6-17-14(10)18-19-15/h2-7,16,21H,8H2,1H3,(H,17,18,19)/t16-/m1/s1. The number of nitrogens with one attached hydrogen (secondary N) is 1. The summed E-state index contributed by atoms with van der Waals surface area (Å²) >= 11 is 1.51. The molecule has 122 valence electrons. The maximum absolute atomic E-state index is 12.5. The molecular weight excluding hydrogens is 328 g/mol. The molecule has 1 aliphatic heterocycles. The Labute approximate surface area is 141 Å². The third kappa shape index (κ3) is 2.26. The number of benzene rings is 1. The summed E-state index contributed by atoms with van der Waals surface area (Å²) in [6.45, 7) is 0. The zero-order valence-electron chi connectivity index (χ0n) is 12.8. The van der Waals surface area contributed by atoms with E-state index in [0.717, 1.165) is 10.9 Å². The fourth-order valence-electron chi connectivity index (χ4n) is 2.77. The number of ether oxygens (including phenoxy) is 1. The number of methoxy groups -OCH3 is 1. The number of phenols is 1. The predicted molar refractivity (Wildman–Crippen MR) is 91.2 cm³/mol. The number of phenolic OH excluding ortho intramolecular Hbond substituents is 1. The number of fused-ring (bicyclic) bond motifs is 1. The van der Waals surface area contributed by atoms with Gasteiger partial charge in [-0.05, 0) is 29.8 Å². The minimum atomic E-state index is -0.237. The highest BCUT2D eigenvalue weighted by Gasteiger charge is 2.36. The van der Waals surface area contributed by atoms with Gasteiger partial charge in [0, 0.05) is 6.20 Å². The Balaban J connectivity index is 1.80. The minimum absolute atomic E-state index is 0.0192. The summed E-state index contributed by atoms with van der Waals surface area (Å²) in [5.41, 5.74) is 1.50. The number of nitrogens with zero attached hydrogens (tertiary/aromatic N) is 3. The van der Waals surface area contributed by atoms with Gasteiger partial charge in [-0.1, -0.05) is 6.07 Å². The largest absolute Gasteiger partial charge is 0.504 e. The monoisotopic (exact) mass is 342 g/mol. The molecular formula is C16H14N4O3S. The average molecular weight is 342 g/mol. The number of aromatic hydroxyl groups is 1. The van der Waals surface area contributed by atoms with Crippen LogP contribution in [0.1, 0.15) is 10.9 Å². The van der Waals surface area contributed by atoms with Crippen LogP contribution in [0.5, 0.6) is 11.5 Å². The molecule has 2 N–H and O–H groups in total. The van der Waals surface area contributed by atoms with Gasteiger partial charge in [-0.15, -0.1) is 11.8 Å². The summed E-state index contributed by atoms with van der Waals surface area (Å²) in [4.78, 5) is 18.4. The number of amides is 1. The van der Waals surface area contributed by atoms with Crippen LogP contribution in [0.4, 0.5) is 5.82 Å². The van der Waals surface area contributed by atoms with Gasteiger partial charge < -0.3 is 9.84 Å². The Morgan fingerprint density at radius 1 is 1.42 bits per heavy atom. The van der Waals surface area contributed by atoms with Gasteiger partial charge in [-0.3, -0.25) is 14.8 Å². The first kappa shape index (κ1) is 14.8. The van der Waals surface area contributed by atoms with Crippen LogP contribution < -0.4 is 9.64 Å². The van der Waals surface area contributed by atoms with Crippen molar-refractivity contribution >= 4 is 34.5 Å². The van der Waals surface area contributed by atoms with Crippen LogP contribution in [0.25, 0.3) is 11.0 Å². The summed E-state index contributed by atoms with van der Waals surface area (Å²) in [5.74, 6) is 1.35. The lowest BCUT2D eigenvalue weighted by Gasteiger charge is -2.22. The second-order valence-electron chi connectivity index (χ2n) is 5.31. The maximum atomic E-state index is 12.5. The van der Waals surface area contributed by atoms with Gasteiger partial charge in [-0.2, -0.15) is 5.10 Å². The first-order valence-corrected chi connectivity index (χ1v) is 8.33. The number of rotatable bonds is 3. The Morgan fingerprint density at radius 3 is 3.12 bits per heavy atom. The number of pyridine rings is 1. The highest BCUT2D eigenvalue weighted by Crippen LogP contribution is 2.44. The van der Waals surface area contributed by atoms with Crippen LogP contribution >= 0.6 is 11.8 Å². The number of carbonyl (C=O) groups is 1. The number of aromatic nitrogens is 3. The van der Waals surface area contributed by atoms with Gasteiger partial charge in [0.25, 0.3) is 0 Å². The average Bonchev–Trinajstić information content (AvgIpc) is 3.18. The molecule has 24 heavy (non-hydrogen) atoms. The second-order valence-corrected chi connectivity index (χ2v) is 6.37. The van der Waals surface area contributed by atoms with Gasteiger partial charge in [0.2, 0.25) is 5.91 Å². The van der Waals surface area contributed by atoms with Crippen molar-refractivity contribution in [3.63, 3.8) is 0 Å². The third-order valence-corrected chi connectivity index (χ3v) is 5.11. The molecule has 0 spiro atoms. The van der Waals surface area contributed by atoms with Crippen molar-refractivity contribution < 1.29 is 14.6 Å². The van der Waals surface area contributed by atoms with E-state index in [-0.39, 0.29) is 17.0 Å². The summed E-state index contributed by atoms with van der Waals surface area (Å²) < 4.78 is 5.17. The van der Waals surface area contributed by atoms with Gasteiger partial charge in [0.05, 0.1) is 18.2 Å². The number of anilines is 1. The van der Waals surface area contributed by atoms with Crippen molar-refractivity contribution in [3.8, 4) is 11.5 Å². The van der Waals surface area contributed by atoms with E-state index in [1.165, 1.54) is 18.9 Å². The molecule has 0 saturated carbocycles. The fourth-order valence-corrected chi connectivity index (χ4v) is 3.92. The van der Waals surface area contributed by atoms with Crippen LogP contribution in [-0.2, 0) is 4.79 Å². The van der Waals surface area contributed by atoms with E-state index >= 15 is 0 Å².